The van der Waals surface area contributed by atoms with Crippen molar-refractivity contribution >= 4 is 17.6 Å². The van der Waals surface area contributed by atoms with Crippen molar-refractivity contribution in [3.63, 3.8) is 0 Å². The highest BCUT2D eigenvalue weighted by atomic mass is 16.2. The number of aliphatic imine (C=N–C) groups is 1. The summed E-state index contributed by atoms with van der Waals surface area (Å²) in [5, 5.41) is 11.6. The van der Waals surface area contributed by atoms with Gasteiger partial charge in [-0.15, -0.1) is 5.10 Å². The summed E-state index contributed by atoms with van der Waals surface area (Å²) in [5.41, 5.74) is 2.94. The molecular weight excluding hydrogens is 340 g/mol. The maximum absolute atomic E-state index is 13.2. The van der Waals surface area contributed by atoms with Crippen LogP contribution in [0.4, 0.5) is 5.69 Å². The van der Waals surface area contributed by atoms with Gasteiger partial charge in [0.1, 0.15) is 0 Å². The van der Waals surface area contributed by atoms with Crippen LogP contribution in [0.3, 0.4) is 0 Å². The maximum atomic E-state index is 13.2. The van der Waals surface area contributed by atoms with E-state index < -0.39 is 5.54 Å². The highest BCUT2D eigenvalue weighted by Crippen LogP contribution is 2.42. The van der Waals surface area contributed by atoms with E-state index in [1.165, 1.54) is 0 Å². The molecule has 134 valence electrons. The number of likely N-dealkylation sites (N-methyl/N-ethyl adjacent to an activating group) is 1. The normalized spacial score (nSPS) is 22.0. The summed E-state index contributed by atoms with van der Waals surface area (Å²) >= 11 is 0. The van der Waals surface area contributed by atoms with Gasteiger partial charge in [-0.1, -0.05) is 53.7 Å². The van der Waals surface area contributed by atoms with Crippen LogP contribution in [-0.2, 0) is 23.3 Å². The minimum absolute atomic E-state index is 0.00330. The lowest BCUT2D eigenvalue weighted by Crippen LogP contribution is -2.59. The van der Waals surface area contributed by atoms with Gasteiger partial charge in [-0.2, -0.15) is 4.68 Å². The largest absolute Gasteiger partial charge is 0.336 e. The zero-order valence-corrected chi connectivity index (χ0v) is 14.8. The number of amides is 1. The number of aromatic nitrogens is 3. The Bertz CT molecular complexity index is 1060. The number of anilines is 1. The summed E-state index contributed by atoms with van der Waals surface area (Å²) in [6.07, 6.45) is 2.18. The average Bonchev–Trinajstić information content (AvgIpc) is 3.26. The second kappa shape index (κ2) is 5.77. The molecule has 27 heavy (non-hydrogen) atoms. The molecule has 0 fully saturated rings. The molecule has 1 spiro atoms. The first-order chi connectivity index (χ1) is 13.2. The van der Waals surface area contributed by atoms with Crippen molar-refractivity contribution in [3.05, 3.63) is 77.6 Å². The molecule has 7 nitrogen and oxygen atoms in total. The monoisotopic (exact) mass is 358 g/mol. The summed E-state index contributed by atoms with van der Waals surface area (Å²) in [6, 6.07) is 17.9. The fourth-order valence-corrected chi connectivity index (χ4v) is 3.90. The molecule has 0 unspecified atom stereocenters. The smallest absolute Gasteiger partial charge is 0.257 e. The molecule has 0 bridgehead atoms. The van der Waals surface area contributed by atoms with Gasteiger partial charge in [0, 0.05) is 24.7 Å². The van der Waals surface area contributed by atoms with Gasteiger partial charge >= 0.3 is 0 Å². The number of hydrogen-bond donors (Lipinski definition) is 1. The molecular formula is C20H18N6O. The number of carbonyl (C=O) groups is 1. The van der Waals surface area contributed by atoms with Crippen molar-refractivity contribution in [3.8, 4) is 0 Å². The Morgan fingerprint density at radius 1 is 1.15 bits per heavy atom. The van der Waals surface area contributed by atoms with E-state index in [2.05, 4.69) is 15.6 Å². The summed E-state index contributed by atoms with van der Waals surface area (Å²) in [7, 11) is 1.81. The Morgan fingerprint density at radius 3 is 2.78 bits per heavy atom. The lowest BCUT2D eigenvalue weighted by Gasteiger charge is -2.34. The first-order valence-corrected chi connectivity index (χ1v) is 8.83. The molecule has 0 aliphatic carbocycles. The molecule has 5 rings (SSSR count). The van der Waals surface area contributed by atoms with E-state index in [9.17, 15) is 4.79 Å². The fourth-order valence-electron chi connectivity index (χ4n) is 3.90. The van der Waals surface area contributed by atoms with E-state index >= 15 is 0 Å². The molecule has 1 N–H and O–H groups in total. The van der Waals surface area contributed by atoms with Gasteiger partial charge in [0.25, 0.3) is 5.91 Å². The Hall–Kier alpha value is -3.48. The quantitative estimate of drug-likeness (QED) is 0.757. The van der Waals surface area contributed by atoms with Crippen molar-refractivity contribution in [2.45, 2.75) is 18.5 Å². The van der Waals surface area contributed by atoms with Crippen LogP contribution in [0, 0.1) is 0 Å². The molecule has 0 saturated carbocycles. The highest BCUT2D eigenvalue weighted by Gasteiger charge is 2.53. The minimum Gasteiger partial charge on any atom is -0.336 e. The predicted molar refractivity (Wildman–Crippen MR) is 101 cm³/mol. The van der Waals surface area contributed by atoms with Crippen molar-refractivity contribution in [1.82, 2.24) is 20.3 Å². The van der Waals surface area contributed by atoms with Gasteiger partial charge in [-0.3, -0.25) is 4.79 Å². The van der Waals surface area contributed by atoms with Crippen LogP contribution in [0.1, 0.15) is 16.8 Å². The molecule has 3 heterocycles. The first-order valence-electron chi connectivity index (χ1n) is 8.83. The van der Waals surface area contributed by atoms with Crippen molar-refractivity contribution in [2.75, 3.05) is 11.9 Å². The lowest BCUT2D eigenvalue weighted by molar-refractivity contribution is -0.123. The number of hydrogen-bond acceptors (Lipinski definition) is 4. The molecule has 2 aromatic carbocycles. The van der Waals surface area contributed by atoms with Crippen LogP contribution < -0.4 is 10.2 Å². The Kier molecular flexibility index (Phi) is 3.36. The summed E-state index contributed by atoms with van der Waals surface area (Å²) in [5.74, 6) is 0.541. The second-order valence-electron chi connectivity index (χ2n) is 6.85. The molecule has 3 aromatic rings. The lowest BCUT2D eigenvalue weighted by atomic mass is 9.85. The van der Waals surface area contributed by atoms with E-state index in [-0.39, 0.29) is 5.91 Å². The molecule has 2 aliphatic rings. The van der Waals surface area contributed by atoms with Crippen molar-refractivity contribution in [1.29, 1.82) is 0 Å². The molecule has 1 aromatic heterocycles. The van der Waals surface area contributed by atoms with Crippen LogP contribution in [0.2, 0.25) is 0 Å². The van der Waals surface area contributed by atoms with Crippen molar-refractivity contribution < 1.29 is 4.79 Å². The van der Waals surface area contributed by atoms with Gasteiger partial charge in [-0.25, -0.2) is 4.99 Å². The molecule has 0 radical (unpaired) electrons. The van der Waals surface area contributed by atoms with E-state index in [1.54, 1.807) is 15.8 Å². The Labute approximate surface area is 156 Å². The van der Waals surface area contributed by atoms with Gasteiger partial charge in [0.05, 0.1) is 18.4 Å². The third-order valence-electron chi connectivity index (χ3n) is 5.24. The zero-order chi connectivity index (χ0) is 18.4. The van der Waals surface area contributed by atoms with Crippen LogP contribution >= 0.6 is 0 Å². The molecule has 1 amide bonds. The van der Waals surface area contributed by atoms with Crippen LogP contribution in [0.15, 0.2) is 65.8 Å². The highest BCUT2D eigenvalue weighted by molar-refractivity contribution is 6.10. The Balaban J connectivity index is 1.61. The molecule has 2 aliphatic heterocycles. The number of nitrogens with zero attached hydrogens (tertiary/aromatic N) is 5. The topological polar surface area (TPSA) is 75.4 Å². The van der Waals surface area contributed by atoms with E-state index in [4.69, 9.17) is 4.99 Å². The predicted octanol–water partition coefficient (Wildman–Crippen LogP) is 1.70. The van der Waals surface area contributed by atoms with E-state index in [0.29, 0.717) is 18.9 Å². The number of nitrogens with one attached hydrogen (secondary N) is 1. The van der Waals surface area contributed by atoms with E-state index in [1.807, 2.05) is 61.6 Å². The van der Waals surface area contributed by atoms with Gasteiger partial charge in [-0.05, 0) is 11.6 Å². The van der Waals surface area contributed by atoms with E-state index in [0.717, 1.165) is 22.5 Å². The summed E-state index contributed by atoms with van der Waals surface area (Å²) < 4.78 is 1.68. The SMILES string of the molecule is CN1C(=O)[C@@]2(Cc3cnnn3C(=NCc3ccccc3)N2)c2ccccc21. The fraction of sp³-hybridized carbons (Fsp3) is 0.200. The Morgan fingerprint density at radius 2 is 1.93 bits per heavy atom. The average molecular weight is 358 g/mol. The van der Waals surface area contributed by atoms with Gasteiger partial charge in [0.2, 0.25) is 5.96 Å². The van der Waals surface area contributed by atoms with Crippen molar-refractivity contribution in [2.24, 2.45) is 4.99 Å². The first kappa shape index (κ1) is 15.7. The number of fused-ring (bicyclic) bond motifs is 3. The molecule has 7 heteroatoms. The zero-order valence-electron chi connectivity index (χ0n) is 14.8. The van der Waals surface area contributed by atoms with Crippen LogP contribution in [0.5, 0.6) is 0 Å². The third-order valence-corrected chi connectivity index (χ3v) is 5.24. The molecule has 1 atom stereocenters. The standard InChI is InChI=1S/C20H18N6O/c1-25-17-10-6-5-9-16(17)20(18(25)27)11-15-13-22-24-26(15)19(23-20)21-12-14-7-3-2-4-8-14/h2-10,13H,11-12H2,1H3,(H,21,23)/t20-/m1/s1. The maximum Gasteiger partial charge on any atom is 0.257 e. The van der Waals surface area contributed by atoms with Crippen LogP contribution in [0.25, 0.3) is 0 Å². The van der Waals surface area contributed by atoms with Crippen LogP contribution in [-0.4, -0.2) is 33.9 Å². The molecule has 0 saturated heterocycles. The number of para-hydroxylation sites is 1. The summed E-state index contributed by atoms with van der Waals surface area (Å²) in [4.78, 5) is 19.7. The number of rotatable bonds is 2. The number of benzene rings is 2. The second-order valence-corrected chi connectivity index (χ2v) is 6.85. The van der Waals surface area contributed by atoms with Gasteiger partial charge in [0.15, 0.2) is 5.54 Å². The summed E-state index contributed by atoms with van der Waals surface area (Å²) in [6.45, 7) is 0.490. The van der Waals surface area contributed by atoms with Gasteiger partial charge < -0.3 is 10.2 Å². The third kappa shape index (κ3) is 2.28. The minimum atomic E-state index is -0.876. The number of carbonyl (C=O) groups excluding carboxylic acids is 1.